The quantitative estimate of drug-likeness (QED) is 0.811. The van der Waals surface area contributed by atoms with Crippen LogP contribution in [0.2, 0.25) is 0 Å². The Morgan fingerprint density at radius 1 is 1.30 bits per heavy atom. The molecule has 0 saturated carbocycles. The Balaban J connectivity index is 1.59. The van der Waals surface area contributed by atoms with Crippen LogP contribution in [0.4, 0.5) is 5.95 Å². The number of likely N-dealkylation sites (tertiary alicyclic amines) is 1. The number of nitrogens with one attached hydrogen (secondary N) is 1. The van der Waals surface area contributed by atoms with Crippen molar-refractivity contribution in [1.29, 1.82) is 0 Å². The van der Waals surface area contributed by atoms with Gasteiger partial charge in [-0.15, -0.1) is 0 Å². The Bertz CT molecular complexity index is 467. The van der Waals surface area contributed by atoms with Crippen LogP contribution in [0.3, 0.4) is 0 Å². The zero-order valence-corrected chi connectivity index (χ0v) is 12.2. The first-order valence-corrected chi connectivity index (χ1v) is 7.17. The van der Waals surface area contributed by atoms with Crippen LogP contribution in [-0.4, -0.2) is 77.2 Å². The number of piperazine rings is 1. The molecule has 110 valence electrons. The Labute approximate surface area is 118 Å². The molecule has 0 bridgehead atoms. The Morgan fingerprint density at radius 3 is 2.60 bits per heavy atom. The van der Waals surface area contributed by atoms with E-state index in [1.807, 2.05) is 4.90 Å². The van der Waals surface area contributed by atoms with Gasteiger partial charge in [-0.1, -0.05) is 0 Å². The lowest BCUT2D eigenvalue weighted by Crippen LogP contribution is -2.53. The molecule has 1 amide bonds. The van der Waals surface area contributed by atoms with Crippen LogP contribution < -0.4 is 4.90 Å². The fourth-order valence-electron chi connectivity index (χ4n) is 3.22. The SMILES string of the molecule is CN1CC[C@](C)(C(=O)N2CCN(c3ncn[nH]3)CC2)C1. The van der Waals surface area contributed by atoms with E-state index in [1.54, 1.807) is 0 Å². The monoisotopic (exact) mass is 278 g/mol. The van der Waals surface area contributed by atoms with Crippen molar-refractivity contribution in [3.05, 3.63) is 6.33 Å². The van der Waals surface area contributed by atoms with Crippen molar-refractivity contribution < 1.29 is 4.79 Å². The summed E-state index contributed by atoms with van der Waals surface area (Å²) >= 11 is 0. The van der Waals surface area contributed by atoms with Crippen molar-refractivity contribution in [2.24, 2.45) is 5.41 Å². The number of anilines is 1. The van der Waals surface area contributed by atoms with Gasteiger partial charge >= 0.3 is 0 Å². The maximum atomic E-state index is 12.7. The number of H-pyrrole nitrogens is 1. The van der Waals surface area contributed by atoms with Gasteiger partial charge in [-0.3, -0.25) is 4.79 Å². The molecule has 0 radical (unpaired) electrons. The predicted octanol–water partition coefficient (Wildman–Crippen LogP) is -0.205. The Hall–Kier alpha value is -1.63. The lowest BCUT2D eigenvalue weighted by atomic mass is 9.88. The first kappa shape index (κ1) is 13.4. The summed E-state index contributed by atoms with van der Waals surface area (Å²) in [7, 11) is 2.08. The molecule has 2 aliphatic heterocycles. The molecule has 1 N–H and O–H groups in total. The molecule has 7 heteroatoms. The van der Waals surface area contributed by atoms with E-state index in [9.17, 15) is 4.79 Å². The molecule has 0 aromatic carbocycles. The van der Waals surface area contributed by atoms with E-state index in [-0.39, 0.29) is 5.41 Å². The van der Waals surface area contributed by atoms with Crippen LogP contribution in [0.25, 0.3) is 0 Å². The van der Waals surface area contributed by atoms with E-state index in [2.05, 4.69) is 39.0 Å². The maximum Gasteiger partial charge on any atom is 0.229 e. The summed E-state index contributed by atoms with van der Waals surface area (Å²) < 4.78 is 0. The smallest absolute Gasteiger partial charge is 0.229 e. The van der Waals surface area contributed by atoms with Gasteiger partial charge in [-0.25, -0.2) is 5.10 Å². The van der Waals surface area contributed by atoms with E-state index in [0.717, 1.165) is 51.6 Å². The van der Waals surface area contributed by atoms with E-state index in [4.69, 9.17) is 0 Å². The molecular weight excluding hydrogens is 256 g/mol. The molecule has 0 unspecified atom stereocenters. The summed E-state index contributed by atoms with van der Waals surface area (Å²) in [5.41, 5.74) is -0.205. The molecule has 2 aliphatic rings. The maximum absolute atomic E-state index is 12.7. The number of hydrogen-bond donors (Lipinski definition) is 1. The average Bonchev–Trinajstić information content (AvgIpc) is 3.09. The third-order valence-electron chi connectivity index (χ3n) is 4.45. The molecule has 0 aliphatic carbocycles. The summed E-state index contributed by atoms with van der Waals surface area (Å²) in [5.74, 6) is 1.10. The molecule has 20 heavy (non-hydrogen) atoms. The zero-order chi connectivity index (χ0) is 14.2. The van der Waals surface area contributed by atoms with Gasteiger partial charge in [-0.05, 0) is 26.9 Å². The van der Waals surface area contributed by atoms with Crippen molar-refractivity contribution in [1.82, 2.24) is 25.0 Å². The number of amides is 1. The van der Waals surface area contributed by atoms with Gasteiger partial charge in [0.1, 0.15) is 6.33 Å². The first-order chi connectivity index (χ1) is 9.58. The highest BCUT2D eigenvalue weighted by atomic mass is 16.2. The van der Waals surface area contributed by atoms with Crippen LogP contribution in [0, 0.1) is 5.41 Å². The zero-order valence-electron chi connectivity index (χ0n) is 12.2. The molecule has 3 heterocycles. The molecule has 1 aromatic heterocycles. The molecule has 2 fully saturated rings. The minimum absolute atomic E-state index is 0.205. The number of carbonyl (C=O) groups excluding carboxylic acids is 1. The lowest BCUT2D eigenvalue weighted by molar-refractivity contribution is -0.140. The number of nitrogens with zero attached hydrogens (tertiary/aromatic N) is 5. The second kappa shape index (κ2) is 5.05. The molecule has 3 rings (SSSR count). The predicted molar refractivity (Wildman–Crippen MR) is 75.4 cm³/mol. The first-order valence-electron chi connectivity index (χ1n) is 7.17. The van der Waals surface area contributed by atoms with Gasteiger partial charge in [0.25, 0.3) is 0 Å². The fraction of sp³-hybridized carbons (Fsp3) is 0.769. The van der Waals surface area contributed by atoms with Crippen LogP contribution in [0.1, 0.15) is 13.3 Å². The highest BCUT2D eigenvalue weighted by Crippen LogP contribution is 2.31. The van der Waals surface area contributed by atoms with E-state index in [0.29, 0.717) is 5.91 Å². The van der Waals surface area contributed by atoms with E-state index in [1.165, 1.54) is 6.33 Å². The summed E-state index contributed by atoms with van der Waals surface area (Å²) in [6.45, 7) is 7.13. The molecular formula is C13H22N6O. The Morgan fingerprint density at radius 2 is 2.05 bits per heavy atom. The lowest BCUT2D eigenvalue weighted by Gasteiger charge is -2.38. The van der Waals surface area contributed by atoms with Gasteiger partial charge in [0, 0.05) is 32.7 Å². The number of hydrogen-bond acceptors (Lipinski definition) is 5. The minimum atomic E-state index is -0.205. The van der Waals surface area contributed by atoms with Crippen molar-refractivity contribution in [2.75, 3.05) is 51.2 Å². The van der Waals surface area contributed by atoms with Crippen molar-refractivity contribution in [2.45, 2.75) is 13.3 Å². The van der Waals surface area contributed by atoms with E-state index >= 15 is 0 Å². The van der Waals surface area contributed by atoms with Crippen LogP contribution in [0.15, 0.2) is 6.33 Å². The molecule has 1 atom stereocenters. The number of aromatic nitrogens is 3. The van der Waals surface area contributed by atoms with Crippen molar-refractivity contribution in [3.8, 4) is 0 Å². The summed E-state index contributed by atoms with van der Waals surface area (Å²) in [5, 5.41) is 6.74. The molecule has 2 saturated heterocycles. The van der Waals surface area contributed by atoms with Gasteiger partial charge < -0.3 is 14.7 Å². The van der Waals surface area contributed by atoms with E-state index < -0.39 is 0 Å². The summed E-state index contributed by atoms with van der Waals surface area (Å²) in [6.07, 6.45) is 2.48. The average molecular weight is 278 g/mol. The third kappa shape index (κ3) is 2.37. The summed E-state index contributed by atoms with van der Waals surface area (Å²) in [6, 6.07) is 0. The standard InChI is InChI=1S/C13H22N6O/c1-13(3-4-17(2)9-13)11(20)18-5-7-19(8-6-18)12-14-10-15-16-12/h10H,3-9H2,1-2H3,(H,14,15,16)/t13-/m0/s1. The van der Waals surface area contributed by atoms with Crippen LogP contribution >= 0.6 is 0 Å². The molecule has 1 aromatic rings. The molecule has 0 spiro atoms. The number of carbonyl (C=O) groups is 1. The minimum Gasteiger partial charge on any atom is -0.339 e. The van der Waals surface area contributed by atoms with Crippen LogP contribution in [-0.2, 0) is 4.79 Å². The second-order valence-corrected chi connectivity index (χ2v) is 6.14. The normalized spacial score (nSPS) is 28.1. The fourth-order valence-corrected chi connectivity index (χ4v) is 3.22. The highest BCUT2D eigenvalue weighted by Gasteiger charge is 2.42. The van der Waals surface area contributed by atoms with Gasteiger partial charge in [0.05, 0.1) is 5.41 Å². The topological polar surface area (TPSA) is 68.4 Å². The van der Waals surface area contributed by atoms with Crippen LogP contribution in [0.5, 0.6) is 0 Å². The second-order valence-electron chi connectivity index (χ2n) is 6.14. The molecule has 7 nitrogen and oxygen atoms in total. The Kier molecular flexibility index (Phi) is 3.37. The highest BCUT2D eigenvalue weighted by molar-refractivity contribution is 5.83. The van der Waals surface area contributed by atoms with Gasteiger partial charge in [-0.2, -0.15) is 10.1 Å². The van der Waals surface area contributed by atoms with Gasteiger partial charge in [0.2, 0.25) is 11.9 Å². The summed E-state index contributed by atoms with van der Waals surface area (Å²) in [4.78, 5) is 23.2. The number of aromatic amines is 1. The van der Waals surface area contributed by atoms with Gasteiger partial charge in [0.15, 0.2) is 0 Å². The van der Waals surface area contributed by atoms with Crippen molar-refractivity contribution >= 4 is 11.9 Å². The number of rotatable bonds is 2. The third-order valence-corrected chi connectivity index (χ3v) is 4.45. The largest absolute Gasteiger partial charge is 0.339 e. The van der Waals surface area contributed by atoms with Crippen molar-refractivity contribution in [3.63, 3.8) is 0 Å².